The zero-order valence-electron chi connectivity index (χ0n) is 13.3. The van der Waals surface area contributed by atoms with Crippen LogP contribution in [-0.4, -0.2) is 50.1 Å². The molecular formula is C18H24ClN3O. The predicted octanol–water partition coefficient (Wildman–Crippen LogP) is 1.83. The van der Waals surface area contributed by atoms with Crippen LogP contribution in [-0.2, 0) is 11.2 Å². The highest BCUT2D eigenvalue weighted by Crippen LogP contribution is 2.18. The van der Waals surface area contributed by atoms with E-state index >= 15 is 0 Å². The number of fused-ring (bicyclic) bond motifs is 1. The summed E-state index contributed by atoms with van der Waals surface area (Å²) in [5.41, 5.74) is 1.10. The smallest absolute Gasteiger partial charge is 0.224 e. The summed E-state index contributed by atoms with van der Waals surface area (Å²) in [6, 6.07) is 14.4. The van der Waals surface area contributed by atoms with Crippen LogP contribution in [0, 0.1) is 0 Å². The largest absolute Gasteiger partial charge is 0.355 e. The van der Waals surface area contributed by atoms with Crippen LogP contribution in [0.15, 0.2) is 42.5 Å². The third-order valence-corrected chi connectivity index (χ3v) is 4.19. The van der Waals surface area contributed by atoms with Gasteiger partial charge in [0, 0.05) is 39.3 Å². The molecule has 0 atom stereocenters. The molecule has 2 N–H and O–H groups in total. The van der Waals surface area contributed by atoms with Crippen LogP contribution in [0.1, 0.15) is 5.56 Å². The lowest BCUT2D eigenvalue weighted by atomic mass is 10.0. The van der Waals surface area contributed by atoms with Crippen LogP contribution >= 0.6 is 12.4 Å². The Hall–Kier alpha value is -1.62. The maximum Gasteiger partial charge on any atom is 0.224 e. The Morgan fingerprint density at radius 2 is 1.83 bits per heavy atom. The number of amides is 1. The first-order valence-corrected chi connectivity index (χ1v) is 7.99. The maximum atomic E-state index is 12.2. The van der Waals surface area contributed by atoms with Crippen molar-refractivity contribution in [1.82, 2.24) is 15.5 Å². The Kier molecular flexibility index (Phi) is 6.84. The lowest BCUT2D eigenvalue weighted by Gasteiger charge is -2.27. The van der Waals surface area contributed by atoms with E-state index in [9.17, 15) is 4.79 Å². The Morgan fingerprint density at radius 3 is 2.65 bits per heavy atom. The fourth-order valence-corrected chi connectivity index (χ4v) is 2.97. The van der Waals surface area contributed by atoms with Crippen molar-refractivity contribution in [2.75, 3.05) is 39.3 Å². The Morgan fingerprint density at radius 1 is 1.09 bits per heavy atom. The summed E-state index contributed by atoms with van der Waals surface area (Å²) in [7, 11) is 0. The molecule has 1 amide bonds. The Labute approximate surface area is 143 Å². The Balaban J connectivity index is 0.00000192. The molecule has 1 aliphatic heterocycles. The van der Waals surface area contributed by atoms with Gasteiger partial charge in [-0.2, -0.15) is 0 Å². The minimum absolute atomic E-state index is 0. The van der Waals surface area contributed by atoms with Crippen molar-refractivity contribution >= 4 is 29.1 Å². The van der Waals surface area contributed by atoms with Gasteiger partial charge in [-0.1, -0.05) is 42.5 Å². The summed E-state index contributed by atoms with van der Waals surface area (Å²) < 4.78 is 0. The third-order valence-electron chi connectivity index (χ3n) is 4.19. The number of nitrogens with one attached hydrogen (secondary N) is 2. The van der Waals surface area contributed by atoms with Crippen LogP contribution in [0.2, 0.25) is 0 Å². The number of hydrogen-bond donors (Lipinski definition) is 2. The topological polar surface area (TPSA) is 44.4 Å². The molecule has 1 aliphatic rings. The number of rotatable bonds is 5. The van der Waals surface area contributed by atoms with E-state index in [0.29, 0.717) is 6.42 Å². The highest BCUT2D eigenvalue weighted by Gasteiger charge is 2.10. The fourth-order valence-electron chi connectivity index (χ4n) is 2.97. The van der Waals surface area contributed by atoms with Gasteiger partial charge < -0.3 is 10.6 Å². The summed E-state index contributed by atoms with van der Waals surface area (Å²) in [6.07, 6.45) is 0.447. The molecule has 4 nitrogen and oxygen atoms in total. The summed E-state index contributed by atoms with van der Waals surface area (Å²) in [6.45, 7) is 5.89. The van der Waals surface area contributed by atoms with E-state index in [1.165, 1.54) is 10.8 Å². The maximum absolute atomic E-state index is 12.2. The van der Waals surface area contributed by atoms with Crippen LogP contribution in [0.5, 0.6) is 0 Å². The molecule has 0 saturated carbocycles. The van der Waals surface area contributed by atoms with Gasteiger partial charge in [-0.25, -0.2) is 0 Å². The van der Waals surface area contributed by atoms with Gasteiger partial charge >= 0.3 is 0 Å². The molecule has 124 valence electrons. The average Bonchev–Trinajstić information content (AvgIpc) is 2.56. The third kappa shape index (κ3) is 4.93. The highest BCUT2D eigenvalue weighted by atomic mass is 35.5. The van der Waals surface area contributed by atoms with Gasteiger partial charge in [-0.05, 0) is 16.3 Å². The van der Waals surface area contributed by atoms with E-state index in [1.54, 1.807) is 0 Å². The van der Waals surface area contributed by atoms with E-state index in [1.807, 2.05) is 24.3 Å². The van der Waals surface area contributed by atoms with E-state index in [0.717, 1.165) is 44.8 Å². The number of carbonyl (C=O) groups is 1. The summed E-state index contributed by atoms with van der Waals surface area (Å²) >= 11 is 0. The molecule has 0 bridgehead atoms. The fraction of sp³-hybridized carbons (Fsp3) is 0.389. The zero-order valence-corrected chi connectivity index (χ0v) is 14.1. The molecule has 5 heteroatoms. The van der Waals surface area contributed by atoms with E-state index in [2.05, 4.69) is 33.7 Å². The number of halogens is 1. The van der Waals surface area contributed by atoms with Gasteiger partial charge in [-0.15, -0.1) is 12.4 Å². The molecule has 1 heterocycles. The number of hydrogen-bond acceptors (Lipinski definition) is 3. The normalized spacial score (nSPS) is 15.1. The van der Waals surface area contributed by atoms with E-state index in [-0.39, 0.29) is 18.3 Å². The van der Waals surface area contributed by atoms with Gasteiger partial charge in [0.25, 0.3) is 0 Å². The van der Waals surface area contributed by atoms with Crippen molar-refractivity contribution in [1.29, 1.82) is 0 Å². The first kappa shape index (κ1) is 17.7. The zero-order chi connectivity index (χ0) is 15.2. The van der Waals surface area contributed by atoms with Gasteiger partial charge in [0.05, 0.1) is 6.42 Å². The minimum atomic E-state index is 0. The summed E-state index contributed by atoms with van der Waals surface area (Å²) in [5, 5.41) is 8.73. The van der Waals surface area contributed by atoms with Crippen LogP contribution in [0.25, 0.3) is 10.8 Å². The molecule has 2 aromatic rings. The van der Waals surface area contributed by atoms with Crippen molar-refractivity contribution < 1.29 is 4.79 Å². The molecule has 1 saturated heterocycles. The monoisotopic (exact) mass is 333 g/mol. The lowest BCUT2D eigenvalue weighted by molar-refractivity contribution is -0.120. The summed E-state index contributed by atoms with van der Waals surface area (Å²) in [5.74, 6) is 0.103. The van der Waals surface area contributed by atoms with Crippen LogP contribution < -0.4 is 10.6 Å². The molecule has 0 aliphatic carbocycles. The van der Waals surface area contributed by atoms with Gasteiger partial charge in [0.1, 0.15) is 0 Å². The number of piperazine rings is 1. The average molecular weight is 334 g/mol. The van der Waals surface area contributed by atoms with E-state index < -0.39 is 0 Å². The molecule has 0 spiro atoms. The minimum Gasteiger partial charge on any atom is -0.355 e. The van der Waals surface area contributed by atoms with Crippen molar-refractivity contribution in [2.45, 2.75) is 6.42 Å². The van der Waals surface area contributed by atoms with Crippen molar-refractivity contribution in [3.05, 3.63) is 48.0 Å². The second-order valence-electron chi connectivity index (χ2n) is 5.76. The lowest BCUT2D eigenvalue weighted by Crippen LogP contribution is -2.46. The van der Waals surface area contributed by atoms with Crippen LogP contribution in [0.4, 0.5) is 0 Å². The van der Waals surface area contributed by atoms with Crippen molar-refractivity contribution in [3.63, 3.8) is 0 Å². The molecule has 0 aromatic heterocycles. The molecular weight excluding hydrogens is 310 g/mol. The number of nitrogens with zero attached hydrogens (tertiary/aromatic N) is 1. The molecule has 0 radical (unpaired) electrons. The first-order chi connectivity index (χ1) is 10.8. The quantitative estimate of drug-likeness (QED) is 0.877. The molecule has 1 fully saturated rings. The SMILES string of the molecule is Cl.O=C(Cc1cccc2ccccc12)NCCN1CCNCC1. The van der Waals surface area contributed by atoms with Gasteiger partial charge in [-0.3, -0.25) is 9.69 Å². The molecule has 0 unspecified atom stereocenters. The number of carbonyl (C=O) groups excluding carboxylic acids is 1. The highest BCUT2D eigenvalue weighted by molar-refractivity contribution is 5.90. The van der Waals surface area contributed by atoms with E-state index in [4.69, 9.17) is 0 Å². The molecule has 2 aromatic carbocycles. The summed E-state index contributed by atoms with van der Waals surface area (Å²) in [4.78, 5) is 14.5. The molecule has 23 heavy (non-hydrogen) atoms. The van der Waals surface area contributed by atoms with Gasteiger partial charge in [0.2, 0.25) is 5.91 Å². The predicted molar refractivity (Wildman–Crippen MR) is 97.2 cm³/mol. The van der Waals surface area contributed by atoms with Crippen molar-refractivity contribution in [3.8, 4) is 0 Å². The second-order valence-corrected chi connectivity index (χ2v) is 5.76. The van der Waals surface area contributed by atoms with Gasteiger partial charge in [0.15, 0.2) is 0 Å². The first-order valence-electron chi connectivity index (χ1n) is 7.99. The second kappa shape index (κ2) is 8.87. The number of benzene rings is 2. The standard InChI is InChI=1S/C18H23N3O.ClH/c22-18(20-10-13-21-11-8-19-9-12-21)14-16-6-3-5-15-4-1-2-7-17(15)16;/h1-7,19H,8-14H2,(H,20,22);1H. The molecule has 3 rings (SSSR count). The van der Waals surface area contributed by atoms with Crippen LogP contribution in [0.3, 0.4) is 0 Å². The van der Waals surface area contributed by atoms with Crippen molar-refractivity contribution in [2.24, 2.45) is 0 Å². The Bertz CT molecular complexity index is 636.